The van der Waals surface area contributed by atoms with Crippen molar-refractivity contribution in [3.8, 4) is 0 Å². The van der Waals surface area contributed by atoms with E-state index in [1.807, 2.05) is 39.0 Å². The highest BCUT2D eigenvalue weighted by Crippen LogP contribution is 2.30. The van der Waals surface area contributed by atoms with Gasteiger partial charge in [-0.3, -0.25) is 14.4 Å². The number of primary amides is 1. The minimum atomic E-state index is -0.673. The highest BCUT2D eigenvalue weighted by Gasteiger charge is 2.31. The molecule has 0 bridgehead atoms. The topological polar surface area (TPSA) is 126 Å². The van der Waals surface area contributed by atoms with E-state index in [2.05, 4.69) is 10.6 Å². The number of fused-ring (bicyclic) bond motifs is 1. The fourth-order valence-electron chi connectivity index (χ4n) is 4.39. The van der Waals surface area contributed by atoms with E-state index in [4.69, 9.17) is 5.73 Å². The lowest BCUT2D eigenvalue weighted by Gasteiger charge is -2.26. The lowest BCUT2D eigenvalue weighted by molar-refractivity contribution is -0.127. The molecule has 1 aliphatic rings. The summed E-state index contributed by atoms with van der Waals surface area (Å²) in [7, 11) is 0. The number of amides is 3. The summed E-state index contributed by atoms with van der Waals surface area (Å²) in [4.78, 5) is 37.6. The SMILES string of the molecule is Cc1cccc2c1cc(C(N)=O)n2[C@@H](CC(C)C)C(=O)N[C@H](CO)C[C@@H]1CCNC1=O. The van der Waals surface area contributed by atoms with E-state index in [9.17, 15) is 19.5 Å². The van der Waals surface area contributed by atoms with Crippen LogP contribution in [0.4, 0.5) is 0 Å². The van der Waals surface area contributed by atoms with Crippen LogP contribution < -0.4 is 16.4 Å². The van der Waals surface area contributed by atoms with Crippen LogP contribution in [0.5, 0.6) is 0 Å². The van der Waals surface area contributed by atoms with E-state index >= 15 is 0 Å². The van der Waals surface area contributed by atoms with Gasteiger partial charge < -0.3 is 26.0 Å². The molecule has 1 aromatic carbocycles. The van der Waals surface area contributed by atoms with Gasteiger partial charge in [-0.1, -0.05) is 26.0 Å². The highest BCUT2D eigenvalue weighted by atomic mass is 16.3. The first-order valence-corrected chi connectivity index (χ1v) is 10.8. The third-order valence-electron chi connectivity index (χ3n) is 5.96. The zero-order chi connectivity index (χ0) is 22.7. The van der Waals surface area contributed by atoms with Crippen molar-refractivity contribution < 1.29 is 19.5 Å². The van der Waals surface area contributed by atoms with Crippen molar-refractivity contribution in [1.82, 2.24) is 15.2 Å². The van der Waals surface area contributed by atoms with Gasteiger partial charge in [0.15, 0.2) is 0 Å². The van der Waals surface area contributed by atoms with Gasteiger partial charge >= 0.3 is 0 Å². The average Bonchev–Trinajstić information content (AvgIpc) is 3.30. The first kappa shape index (κ1) is 22.8. The predicted octanol–water partition coefficient (Wildman–Crippen LogP) is 1.64. The second-order valence-electron chi connectivity index (χ2n) is 8.82. The number of aliphatic hydroxyl groups excluding tert-OH is 1. The van der Waals surface area contributed by atoms with Crippen molar-refractivity contribution in [3.05, 3.63) is 35.5 Å². The van der Waals surface area contributed by atoms with E-state index in [-0.39, 0.29) is 36.0 Å². The maximum Gasteiger partial charge on any atom is 0.265 e. The Bertz CT molecular complexity index is 981. The van der Waals surface area contributed by atoms with Gasteiger partial charge in [-0.05, 0) is 49.8 Å². The van der Waals surface area contributed by atoms with Crippen molar-refractivity contribution in [2.75, 3.05) is 13.2 Å². The second kappa shape index (κ2) is 9.51. The van der Waals surface area contributed by atoms with Gasteiger partial charge in [0.25, 0.3) is 5.91 Å². The first-order chi connectivity index (χ1) is 14.7. The van der Waals surface area contributed by atoms with E-state index in [1.165, 1.54) is 0 Å². The summed E-state index contributed by atoms with van der Waals surface area (Å²) in [6, 6.07) is 6.23. The number of rotatable bonds is 9. The van der Waals surface area contributed by atoms with Crippen LogP contribution in [-0.2, 0) is 9.59 Å². The molecule has 8 nitrogen and oxygen atoms in total. The van der Waals surface area contributed by atoms with Gasteiger partial charge in [0.05, 0.1) is 12.6 Å². The molecule has 2 heterocycles. The molecule has 1 aromatic heterocycles. The predicted molar refractivity (Wildman–Crippen MR) is 118 cm³/mol. The fraction of sp³-hybridized carbons (Fsp3) is 0.522. The Morgan fingerprint density at radius 1 is 1.35 bits per heavy atom. The van der Waals surface area contributed by atoms with Crippen LogP contribution in [0.25, 0.3) is 10.9 Å². The highest BCUT2D eigenvalue weighted by molar-refractivity contribution is 6.00. The van der Waals surface area contributed by atoms with E-state index in [1.54, 1.807) is 10.6 Å². The lowest BCUT2D eigenvalue weighted by Crippen LogP contribution is -2.44. The van der Waals surface area contributed by atoms with Crippen molar-refractivity contribution in [2.45, 2.75) is 52.1 Å². The Morgan fingerprint density at radius 2 is 2.10 bits per heavy atom. The molecule has 2 aromatic rings. The molecule has 31 heavy (non-hydrogen) atoms. The Morgan fingerprint density at radius 3 is 2.68 bits per heavy atom. The number of carbonyl (C=O) groups excluding carboxylic acids is 3. The Kier molecular flexibility index (Phi) is 7.00. The molecule has 8 heteroatoms. The molecular formula is C23H32N4O4. The summed E-state index contributed by atoms with van der Waals surface area (Å²) < 4.78 is 1.72. The number of nitrogens with zero attached hydrogens (tertiary/aromatic N) is 1. The summed E-state index contributed by atoms with van der Waals surface area (Å²) in [5.41, 5.74) is 7.71. The van der Waals surface area contributed by atoms with E-state index in [0.717, 1.165) is 16.5 Å². The van der Waals surface area contributed by atoms with Gasteiger partial charge in [0, 0.05) is 23.4 Å². The normalized spacial score (nSPS) is 18.2. The fourth-order valence-corrected chi connectivity index (χ4v) is 4.39. The quantitative estimate of drug-likeness (QED) is 0.484. The number of nitrogens with one attached hydrogen (secondary N) is 2. The molecule has 5 N–H and O–H groups in total. The zero-order valence-electron chi connectivity index (χ0n) is 18.4. The molecule has 1 aliphatic heterocycles. The minimum Gasteiger partial charge on any atom is -0.394 e. The van der Waals surface area contributed by atoms with Crippen molar-refractivity contribution >= 4 is 28.6 Å². The summed E-state index contributed by atoms with van der Waals surface area (Å²) in [5, 5.41) is 16.4. The summed E-state index contributed by atoms with van der Waals surface area (Å²) >= 11 is 0. The number of benzene rings is 1. The van der Waals surface area contributed by atoms with Gasteiger partial charge in [-0.2, -0.15) is 0 Å². The number of aliphatic hydroxyl groups is 1. The molecule has 0 aliphatic carbocycles. The smallest absolute Gasteiger partial charge is 0.265 e. The molecular weight excluding hydrogens is 396 g/mol. The van der Waals surface area contributed by atoms with Crippen LogP contribution >= 0.6 is 0 Å². The summed E-state index contributed by atoms with van der Waals surface area (Å²) in [5.74, 6) is -0.996. The summed E-state index contributed by atoms with van der Waals surface area (Å²) in [6.07, 6.45) is 1.55. The standard InChI is InChI=1S/C23H32N4O4/c1-13(2)9-20(23(31)26-16(12-28)10-15-7-8-25-22(15)30)27-18-6-4-5-14(3)17(18)11-19(27)21(24)29/h4-6,11,13,15-16,20,28H,7-10,12H2,1-3H3,(H2,24,29)(H,25,30)(H,26,31)/t15-,16-,20-/m0/s1. The largest absolute Gasteiger partial charge is 0.394 e. The van der Waals surface area contributed by atoms with Gasteiger partial charge in [-0.15, -0.1) is 0 Å². The lowest BCUT2D eigenvalue weighted by atomic mass is 9.97. The van der Waals surface area contributed by atoms with Crippen LogP contribution in [-0.4, -0.2) is 46.6 Å². The summed E-state index contributed by atoms with van der Waals surface area (Å²) in [6.45, 7) is 6.31. The van der Waals surface area contributed by atoms with Crippen molar-refractivity contribution in [1.29, 1.82) is 0 Å². The zero-order valence-corrected chi connectivity index (χ0v) is 18.4. The molecule has 3 rings (SSSR count). The number of hydrogen-bond donors (Lipinski definition) is 4. The number of nitrogens with two attached hydrogens (primary N) is 1. The maximum atomic E-state index is 13.4. The van der Waals surface area contributed by atoms with E-state index in [0.29, 0.717) is 25.8 Å². The van der Waals surface area contributed by atoms with Crippen molar-refractivity contribution in [3.63, 3.8) is 0 Å². The number of aromatic nitrogens is 1. The molecule has 0 saturated carbocycles. The molecule has 0 spiro atoms. The number of carbonyl (C=O) groups is 3. The molecule has 168 valence electrons. The monoisotopic (exact) mass is 428 g/mol. The van der Waals surface area contributed by atoms with Crippen LogP contribution in [0, 0.1) is 18.8 Å². The molecule has 0 radical (unpaired) electrons. The third-order valence-corrected chi connectivity index (χ3v) is 5.96. The Balaban J connectivity index is 1.95. The second-order valence-corrected chi connectivity index (χ2v) is 8.82. The molecule has 1 saturated heterocycles. The van der Waals surface area contributed by atoms with Crippen LogP contribution in [0.3, 0.4) is 0 Å². The van der Waals surface area contributed by atoms with Gasteiger partial charge in [0.2, 0.25) is 11.8 Å². The van der Waals surface area contributed by atoms with Crippen LogP contribution in [0.15, 0.2) is 24.3 Å². The van der Waals surface area contributed by atoms with Crippen LogP contribution in [0.2, 0.25) is 0 Å². The van der Waals surface area contributed by atoms with E-state index < -0.39 is 18.0 Å². The van der Waals surface area contributed by atoms with Gasteiger partial charge in [0.1, 0.15) is 11.7 Å². The first-order valence-electron chi connectivity index (χ1n) is 10.8. The average molecular weight is 429 g/mol. The van der Waals surface area contributed by atoms with Crippen molar-refractivity contribution in [2.24, 2.45) is 17.6 Å². The molecule has 3 atom stereocenters. The third kappa shape index (κ3) is 4.90. The maximum absolute atomic E-state index is 13.4. The Hall–Kier alpha value is -2.87. The Labute approximate surface area is 182 Å². The number of hydrogen-bond acceptors (Lipinski definition) is 4. The minimum absolute atomic E-state index is 0.0469. The van der Waals surface area contributed by atoms with Crippen LogP contribution in [0.1, 0.15) is 55.2 Å². The van der Waals surface area contributed by atoms with Gasteiger partial charge in [-0.25, -0.2) is 0 Å². The molecule has 0 unspecified atom stereocenters. The number of aryl methyl sites for hydroxylation is 1. The molecule has 1 fully saturated rings. The molecule has 3 amide bonds.